The molecule has 80 valence electrons. The second-order valence-electron chi connectivity index (χ2n) is 3.16. The van der Waals surface area contributed by atoms with Crippen LogP contribution in [0.5, 0.6) is 0 Å². The fourth-order valence-electron chi connectivity index (χ4n) is 0.981. The Kier molecular flexibility index (Phi) is 4.47. The van der Waals surface area contributed by atoms with Crippen LogP contribution in [-0.4, -0.2) is 26.2 Å². The smallest absolute Gasteiger partial charge is 0.148 e. The molecule has 14 heavy (non-hydrogen) atoms. The summed E-state index contributed by atoms with van der Waals surface area (Å²) in [6, 6.07) is 4.11. The highest BCUT2D eigenvalue weighted by molar-refractivity contribution is 8.00. The zero-order valence-electron chi connectivity index (χ0n) is 8.26. The largest absolute Gasteiger partial charge is 0.229 e. The van der Waals surface area contributed by atoms with Crippen LogP contribution in [0.4, 0.5) is 0 Å². The van der Waals surface area contributed by atoms with E-state index in [0.717, 1.165) is 0 Å². The van der Waals surface area contributed by atoms with E-state index in [2.05, 4.69) is 13.0 Å². The predicted octanol–water partition coefficient (Wildman–Crippen LogP) is 2.59. The fourth-order valence-corrected chi connectivity index (χ4v) is 4.21. The molecular formula is C9H14O2S3. The van der Waals surface area contributed by atoms with E-state index in [1.165, 1.54) is 11.1 Å². The Hall–Kier alpha value is -0.0000000000000000833. The van der Waals surface area contributed by atoms with Gasteiger partial charge in [-0.05, 0) is 18.4 Å². The molecule has 0 aliphatic carbocycles. The minimum absolute atomic E-state index is 0.271. The summed E-state index contributed by atoms with van der Waals surface area (Å²) >= 11 is 3.41. The van der Waals surface area contributed by atoms with Crippen molar-refractivity contribution in [3.05, 3.63) is 22.4 Å². The van der Waals surface area contributed by atoms with Crippen LogP contribution in [0.3, 0.4) is 0 Å². The van der Waals surface area contributed by atoms with Gasteiger partial charge in [0.1, 0.15) is 9.84 Å². The quantitative estimate of drug-likeness (QED) is 0.805. The van der Waals surface area contributed by atoms with Crippen LogP contribution in [0, 0.1) is 0 Å². The normalized spacial score (nSPS) is 14.1. The van der Waals surface area contributed by atoms with Crippen LogP contribution < -0.4 is 0 Å². The van der Waals surface area contributed by atoms with Crippen LogP contribution in [0.2, 0.25) is 0 Å². The molecule has 0 radical (unpaired) electrons. The minimum Gasteiger partial charge on any atom is -0.229 e. The molecule has 0 aliphatic rings. The van der Waals surface area contributed by atoms with Crippen LogP contribution in [0.15, 0.2) is 17.5 Å². The molecule has 1 rings (SSSR count). The summed E-state index contributed by atoms with van der Waals surface area (Å²) in [6.07, 6.45) is 1.28. The molecule has 0 fully saturated rings. The molecule has 1 unspecified atom stereocenters. The molecule has 0 N–H and O–H groups in total. The molecule has 0 aliphatic heterocycles. The Balaban J connectivity index is 2.33. The Labute approximate surface area is 93.6 Å². The van der Waals surface area contributed by atoms with Crippen molar-refractivity contribution in [2.75, 3.05) is 17.8 Å². The molecule has 0 amide bonds. The summed E-state index contributed by atoms with van der Waals surface area (Å²) in [5.74, 6) is 0.950. The van der Waals surface area contributed by atoms with E-state index in [0.29, 0.717) is 11.0 Å². The first-order valence-electron chi connectivity index (χ1n) is 4.32. The number of thioether (sulfide) groups is 1. The maximum atomic E-state index is 10.9. The molecular weight excluding hydrogens is 236 g/mol. The summed E-state index contributed by atoms with van der Waals surface area (Å²) in [6.45, 7) is 2.11. The van der Waals surface area contributed by atoms with E-state index in [4.69, 9.17) is 0 Å². The van der Waals surface area contributed by atoms with Gasteiger partial charge in [-0.15, -0.1) is 11.3 Å². The van der Waals surface area contributed by atoms with Crippen molar-refractivity contribution < 1.29 is 8.42 Å². The first kappa shape index (κ1) is 12.1. The molecule has 1 aromatic heterocycles. The number of sulfone groups is 1. The summed E-state index contributed by atoms with van der Waals surface area (Å²) < 4.78 is 21.8. The molecule has 1 aromatic rings. The lowest BCUT2D eigenvalue weighted by Gasteiger charge is -2.07. The van der Waals surface area contributed by atoms with Gasteiger partial charge in [0.2, 0.25) is 0 Å². The average Bonchev–Trinajstić information content (AvgIpc) is 2.53. The molecule has 2 nitrogen and oxygen atoms in total. The molecule has 0 saturated carbocycles. The van der Waals surface area contributed by atoms with Gasteiger partial charge in [-0.2, -0.15) is 11.8 Å². The van der Waals surface area contributed by atoms with E-state index >= 15 is 0 Å². The lowest BCUT2D eigenvalue weighted by atomic mass is 10.4. The van der Waals surface area contributed by atoms with Gasteiger partial charge in [-0.25, -0.2) is 8.42 Å². The van der Waals surface area contributed by atoms with Crippen LogP contribution >= 0.6 is 23.1 Å². The van der Waals surface area contributed by atoms with Crippen LogP contribution in [-0.2, 0) is 9.84 Å². The minimum atomic E-state index is -2.81. The highest BCUT2D eigenvalue weighted by Crippen LogP contribution is 2.31. The fraction of sp³-hybridized carbons (Fsp3) is 0.556. The van der Waals surface area contributed by atoms with E-state index in [1.54, 1.807) is 23.1 Å². The molecule has 0 bridgehead atoms. The first-order valence-corrected chi connectivity index (χ1v) is 8.30. The van der Waals surface area contributed by atoms with Crippen molar-refractivity contribution in [3.63, 3.8) is 0 Å². The molecule has 1 heterocycles. The Bertz CT molecular complexity index is 353. The van der Waals surface area contributed by atoms with Crippen molar-refractivity contribution in [3.8, 4) is 0 Å². The second kappa shape index (κ2) is 5.19. The number of rotatable bonds is 5. The molecule has 0 saturated heterocycles. The third-order valence-electron chi connectivity index (χ3n) is 1.77. The van der Waals surface area contributed by atoms with Gasteiger partial charge < -0.3 is 0 Å². The topological polar surface area (TPSA) is 34.1 Å². The summed E-state index contributed by atoms with van der Waals surface area (Å²) in [7, 11) is -2.81. The van der Waals surface area contributed by atoms with E-state index < -0.39 is 9.84 Å². The highest BCUT2D eigenvalue weighted by atomic mass is 32.2. The van der Waals surface area contributed by atoms with Crippen molar-refractivity contribution in [1.82, 2.24) is 0 Å². The van der Waals surface area contributed by atoms with Gasteiger partial charge in [0.25, 0.3) is 0 Å². The Morgan fingerprint density at radius 1 is 1.57 bits per heavy atom. The van der Waals surface area contributed by atoms with Gasteiger partial charge in [0, 0.05) is 22.1 Å². The highest BCUT2D eigenvalue weighted by Gasteiger charge is 2.08. The van der Waals surface area contributed by atoms with Crippen molar-refractivity contribution in [2.45, 2.75) is 12.2 Å². The summed E-state index contributed by atoms with van der Waals surface area (Å²) in [5, 5.41) is 2.44. The third kappa shape index (κ3) is 4.48. The van der Waals surface area contributed by atoms with E-state index in [-0.39, 0.29) is 5.75 Å². The lowest BCUT2D eigenvalue weighted by molar-refractivity contribution is 0.603. The first-order chi connectivity index (χ1) is 6.49. The molecule has 0 spiro atoms. The van der Waals surface area contributed by atoms with Crippen LogP contribution in [0.1, 0.15) is 17.1 Å². The zero-order valence-corrected chi connectivity index (χ0v) is 10.7. The number of hydrogen-bond acceptors (Lipinski definition) is 4. The molecule has 1 atom stereocenters. The predicted molar refractivity (Wildman–Crippen MR) is 64.9 cm³/mol. The van der Waals surface area contributed by atoms with Crippen LogP contribution in [0.25, 0.3) is 0 Å². The Morgan fingerprint density at radius 3 is 2.79 bits per heavy atom. The van der Waals surface area contributed by atoms with Gasteiger partial charge >= 0.3 is 0 Å². The second-order valence-corrected chi connectivity index (χ2v) is 7.85. The SMILES string of the molecule is CC(SCCS(C)(=O)=O)c1cccs1. The van der Waals surface area contributed by atoms with E-state index in [9.17, 15) is 8.42 Å². The lowest BCUT2D eigenvalue weighted by Crippen LogP contribution is -2.05. The van der Waals surface area contributed by atoms with Gasteiger partial charge in [0.15, 0.2) is 0 Å². The van der Waals surface area contributed by atoms with Gasteiger partial charge in [-0.1, -0.05) is 6.07 Å². The molecule has 5 heteroatoms. The average molecular weight is 250 g/mol. The monoisotopic (exact) mass is 250 g/mol. The van der Waals surface area contributed by atoms with Crippen molar-refractivity contribution >= 4 is 32.9 Å². The Morgan fingerprint density at radius 2 is 2.29 bits per heavy atom. The maximum Gasteiger partial charge on any atom is 0.148 e. The van der Waals surface area contributed by atoms with Gasteiger partial charge in [0.05, 0.1) is 5.75 Å². The number of thiophene rings is 1. The number of hydrogen-bond donors (Lipinski definition) is 0. The third-order valence-corrected chi connectivity index (χ3v) is 5.37. The zero-order chi connectivity index (χ0) is 10.6. The van der Waals surface area contributed by atoms with Crippen molar-refractivity contribution in [2.24, 2.45) is 0 Å². The maximum absolute atomic E-state index is 10.9. The standard InChI is InChI=1S/C9H14O2S3/c1-8(9-4-3-5-13-9)12-6-7-14(2,10)11/h3-5,8H,6-7H2,1-2H3. The summed E-state index contributed by atoms with van der Waals surface area (Å²) in [5.41, 5.74) is 0. The van der Waals surface area contributed by atoms with E-state index in [1.807, 2.05) is 11.4 Å². The van der Waals surface area contributed by atoms with Crippen molar-refractivity contribution in [1.29, 1.82) is 0 Å². The van der Waals surface area contributed by atoms with Gasteiger partial charge in [-0.3, -0.25) is 0 Å². The molecule has 0 aromatic carbocycles. The summed E-state index contributed by atoms with van der Waals surface area (Å²) in [4.78, 5) is 1.31.